The third-order valence-electron chi connectivity index (χ3n) is 4.31. The normalized spacial score (nSPS) is 13.0. The van der Waals surface area contributed by atoms with Crippen LogP contribution in [0.4, 0.5) is 0 Å². The summed E-state index contributed by atoms with van der Waals surface area (Å²) in [6.45, 7) is 5.85. The van der Waals surface area contributed by atoms with Gasteiger partial charge in [-0.25, -0.2) is 0 Å². The Labute approximate surface area is 157 Å². The molecule has 0 saturated carbocycles. The molecule has 0 aliphatic heterocycles. The Hall–Kier alpha value is -2.66. The largest absolute Gasteiger partial charge is 0.481 e. The van der Waals surface area contributed by atoms with E-state index < -0.39 is 6.10 Å². The second-order valence-electron chi connectivity index (χ2n) is 6.24. The number of rotatable bonds is 6. The first-order chi connectivity index (χ1) is 12.5. The van der Waals surface area contributed by atoms with Crippen LogP contribution < -0.4 is 10.1 Å². The predicted octanol–water partition coefficient (Wildman–Crippen LogP) is 4.43. The summed E-state index contributed by atoms with van der Waals surface area (Å²) in [7, 11) is 0. The van der Waals surface area contributed by atoms with Crippen molar-refractivity contribution in [1.29, 1.82) is 0 Å². The highest BCUT2D eigenvalue weighted by Crippen LogP contribution is 2.26. The van der Waals surface area contributed by atoms with Crippen LogP contribution in [0.15, 0.2) is 60.2 Å². The van der Waals surface area contributed by atoms with Gasteiger partial charge in [-0.1, -0.05) is 12.1 Å². The fourth-order valence-corrected chi connectivity index (χ4v) is 3.44. The molecule has 1 aromatic carbocycles. The Bertz CT molecular complexity index is 863. The molecule has 134 valence electrons. The molecule has 1 N–H and O–H groups in total. The molecule has 1 amide bonds. The van der Waals surface area contributed by atoms with E-state index in [-0.39, 0.29) is 11.9 Å². The van der Waals surface area contributed by atoms with E-state index in [9.17, 15) is 4.79 Å². The van der Waals surface area contributed by atoms with Crippen LogP contribution in [0.3, 0.4) is 0 Å². The number of nitrogens with one attached hydrogen (secondary N) is 1. The second-order valence-corrected chi connectivity index (χ2v) is 7.22. The van der Waals surface area contributed by atoms with E-state index in [0.29, 0.717) is 5.75 Å². The molecule has 0 fully saturated rings. The molecule has 26 heavy (non-hydrogen) atoms. The number of carbonyl (C=O) groups excluding carboxylic acids is 1. The van der Waals surface area contributed by atoms with Crippen molar-refractivity contribution in [2.75, 3.05) is 0 Å². The number of pyridine rings is 1. The number of aromatic nitrogens is 1. The topological polar surface area (TPSA) is 51.2 Å². The van der Waals surface area contributed by atoms with Crippen LogP contribution in [0, 0.1) is 13.8 Å². The van der Waals surface area contributed by atoms with Gasteiger partial charge < -0.3 is 10.1 Å². The summed E-state index contributed by atoms with van der Waals surface area (Å²) in [5.41, 5.74) is 3.34. The van der Waals surface area contributed by atoms with Crippen molar-refractivity contribution in [1.82, 2.24) is 10.3 Å². The third kappa shape index (κ3) is 4.29. The maximum atomic E-state index is 12.7. The van der Waals surface area contributed by atoms with Gasteiger partial charge in [0.2, 0.25) is 0 Å². The Morgan fingerprint density at radius 3 is 2.54 bits per heavy atom. The number of benzene rings is 1. The third-order valence-corrected chi connectivity index (χ3v) is 5.25. The summed E-state index contributed by atoms with van der Waals surface area (Å²) in [6.07, 6.45) is 2.87. The molecule has 0 spiro atoms. The van der Waals surface area contributed by atoms with Crippen molar-refractivity contribution in [3.63, 3.8) is 0 Å². The number of amides is 1. The minimum Gasteiger partial charge on any atom is -0.481 e. The van der Waals surface area contributed by atoms with Gasteiger partial charge in [0.15, 0.2) is 6.10 Å². The molecule has 0 aliphatic rings. The number of hydrogen-bond donors (Lipinski definition) is 1. The van der Waals surface area contributed by atoms with Crippen molar-refractivity contribution in [3.8, 4) is 5.75 Å². The molecule has 3 aromatic rings. The van der Waals surface area contributed by atoms with E-state index in [1.54, 1.807) is 30.7 Å². The highest BCUT2D eigenvalue weighted by molar-refractivity contribution is 7.10. The fraction of sp³-hybridized carbons (Fsp3) is 0.238. The first kappa shape index (κ1) is 18.1. The SMILES string of the molecule is Cc1ccc(OC(C)C(=O)NC(c2ccncc2)c2cccs2)cc1C. The van der Waals surface area contributed by atoms with Gasteiger partial charge in [0.05, 0.1) is 6.04 Å². The van der Waals surface area contributed by atoms with Gasteiger partial charge in [0, 0.05) is 17.3 Å². The number of thiophene rings is 1. The van der Waals surface area contributed by atoms with Crippen molar-refractivity contribution in [2.45, 2.75) is 32.9 Å². The van der Waals surface area contributed by atoms with Gasteiger partial charge in [-0.05, 0) is 73.2 Å². The molecule has 3 rings (SSSR count). The lowest BCUT2D eigenvalue weighted by molar-refractivity contribution is -0.127. The summed E-state index contributed by atoms with van der Waals surface area (Å²) in [6, 6.07) is 13.5. The molecule has 0 saturated heterocycles. The summed E-state index contributed by atoms with van der Waals surface area (Å²) in [5.74, 6) is 0.547. The zero-order chi connectivity index (χ0) is 18.5. The highest BCUT2D eigenvalue weighted by Gasteiger charge is 2.22. The molecule has 4 nitrogen and oxygen atoms in total. The number of aryl methyl sites for hydroxylation is 2. The molecule has 2 heterocycles. The lowest BCUT2D eigenvalue weighted by Crippen LogP contribution is -2.38. The molecular weight excluding hydrogens is 344 g/mol. The second kappa shape index (κ2) is 8.15. The zero-order valence-electron chi connectivity index (χ0n) is 15.1. The Balaban J connectivity index is 1.74. The summed E-state index contributed by atoms with van der Waals surface area (Å²) in [4.78, 5) is 17.9. The lowest BCUT2D eigenvalue weighted by Gasteiger charge is -2.21. The van der Waals surface area contributed by atoms with Crippen molar-refractivity contribution < 1.29 is 9.53 Å². The van der Waals surface area contributed by atoms with Gasteiger partial charge >= 0.3 is 0 Å². The van der Waals surface area contributed by atoms with Crippen LogP contribution in [0.1, 0.15) is 34.5 Å². The monoisotopic (exact) mass is 366 g/mol. The van der Waals surface area contributed by atoms with Crippen LogP contribution >= 0.6 is 11.3 Å². The van der Waals surface area contributed by atoms with Crippen molar-refractivity contribution in [2.24, 2.45) is 0 Å². The van der Waals surface area contributed by atoms with Crippen LogP contribution in [0.2, 0.25) is 0 Å². The molecule has 2 atom stereocenters. The van der Waals surface area contributed by atoms with E-state index in [1.165, 1.54) is 5.56 Å². The first-order valence-electron chi connectivity index (χ1n) is 8.52. The van der Waals surface area contributed by atoms with E-state index in [2.05, 4.69) is 17.2 Å². The number of carbonyl (C=O) groups is 1. The molecule has 2 unspecified atom stereocenters. The van der Waals surface area contributed by atoms with E-state index in [4.69, 9.17) is 4.74 Å². The summed E-state index contributed by atoms with van der Waals surface area (Å²) < 4.78 is 5.85. The van der Waals surface area contributed by atoms with Crippen LogP contribution in [-0.2, 0) is 4.79 Å². The molecule has 0 aliphatic carbocycles. The summed E-state index contributed by atoms with van der Waals surface area (Å²) in [5, 5.41) is 5.11. The highest BCUT2D eigenvalue weighted by atomic mass is 32.1. The van der Waals surface area contributed by atoms with Crippen LogP contribution in [0.25, 0.3) is 0 Å². The minimum absolute atomic E-state index is 0.154. The molecule has 0 bridgehead atoms. The number of ether oxygens (including phenoxy) is 1. The van der Waals surface area contributed by atoms with Crippen LogP contribution in [0.5, 0.6) is 5.75 Å². The van der Waals surface area contributed by atoms with Gasteiger partial charge in [0.25, 0.3) is 5.91 Å². The van der Waals surface area contributed by atoms with Crippen molar-refractivity contribution >= 4 is 17.2 Å². The van der Waals surface area contributed by atoms with Crippen molar-refractivity contribution in [3.05, 3.63) is 81.8 Å². The molecule has 0 radical (unpaired) electrons. The van der Waals surface area contributed by atoms with E-state index in [0.717, 1.165) is 16.0 Å². The van der Waals surface area contributed by atoms with E-state index >= 15 is 0 Å². The fourth-order valence-electron chi connectivity index (χ4n) is 2.63. The predicted molar refractivity (Wildman–Crippen MR) is 105 cm³/mol. The average molecular weight is 366 g/mol. The maximum Gasteiger partial charge on any atom is 0.261 e. The zero-order valence-corrected chi connectivity index (χ0v) is 15.9. The number of hydrogen-bond acceptors (Lipinski definition) is 4. The van der Waals surface area contributed by atoms with Gasteiger partial charge in [-0.2, -0.15) is 0 Å². The Kier molecular flexibility index (Phi) is 5.68. The quantitative estimate of drug-likeness (QED) is 0.702. The average Bonchev–Trinajstić information content (AvgIpc) is 3.17. The smallest absolute Gasteiger partial charge is 0.261 e. The Morgan fingerprint density at radius 2 is 1.88 bits per heavy atom. The molecule has 5 heteroatoms. The minimum atomic E-state index is -0.596. The maximum absolute atomic E-state index is 12.7. The molecular formula is C21H22N2O2S. The van der Waals surface area contributed by atoms with Gasteiger partial charge in [-0.3, -0.25) is 9.78 Å². The first-order valence-corrected chi connectivity index (χ1v) is 9.40. The summed E-state index contributed by atoms with van der Waals surface area (Å²) >= 11 is 1.61. The Morgan fingerprint density at radius 1 is 1.12 bits per heavy atom. The number of nitrogens with zero attached hydrogens (tertiary/aromatic N) is 1. The standard InChI is InChI=1S/C21H22N2O2S/c1-14-6-7-18(13-15(14)2)25-16(3)21(24)23-20(19-5-4-12-26-19)17-8-10-22-11-9-17/h4-13,16,20H,1-3H3,(H,23,24). The van der Waals surface area contributed by atoms with Gasteiger partial charge in [0.1, 0.15) is 5.75 Å². The lowest BCUT2D eigenvalue weighted by atomic mass is 10.1. The van der Waals surface area contributed by atoms with Crippen LogP contribution in [-0.4, -0.2) is 17.0 Å². The van der Waals surface area contributed by atoms with Gasteiger partial charge in [-0.15, -0.1) is 11.3 Å². The molecule has 2 aromatic heterocycles. The van der Waals surface area contributed by atoms with E-state index in [1.807, 2.05) is 54.8 Å².